The second kappa shape index (κ2) is 9.25. The van der Waals surface area contributed by atoms with E-state index in [1.54, 1.807) is 29.2 Å². The Morgan fingerprint density at radius 2 is 1.57 bits per heavy atom. The zero-order chi connectivity index (χ0) is 25.3. The molecule has 4 rings (SSSR count). The maximum absolute atomic E-state index is 13.0. The molecule has 182 valence electrons. The van der Waals surface area contributed by atoms with Gasteiger partial charge in [0, 0.05) is 12.1 Å². The largest absolute Gasteiger partial charge is 0.465 e. The number of carbonyl (C=O) groups is 3. The summed E-state index contributed by atoms with van der Waals surface area (Å²) in [5.74, 6) is -1.45. The lowest BCUT2D eigenvalue weighted by atomic mass is 9.98. The predicted octanol–water partition coefficient (Wildman–Crippen LogP) is 4.36. The van der Waals surface area contributed by atoms with Crippen molar-refractivity contribution in [3.05, 3.63) is 70.9 Å². The van der Waals surface area contributed by atoms with Crippen LogP contribution in [-0.2, 0) is 27.3 Å². The van der Waals surface area contributed by atoms with Crippen molar-refractivity contribution < 1.29 is 28.6 Å². The van der Waals surface area contributed by atoms with Gasteiger partial charge in [0.15, 0.2) is 5.69 Å². The lowest BCUT2D eigenvalue weighted by molar-refractivity contribution is 0.0241. The van der Waals surface area contributed by atoms with E-state index in [1.165, 1.54) is 18.9 Å². The highest BCUT2D eigenvalue weighted by Crippen LogP contribution is 2.36. The van der Waals surface area contributed by atoms with Gasteiger partial charge in [0.05, 0.1) is 26.5 Å². The zero-order valence-corrected chi connectivity index (χ0v) is 20.3. The number of ether oxygens (including phenoxy) is 3. The van der Waals surface area contributed by atoms with Crippen molar-refractivity contribution >= 4 is 18.0 Å². The highest BCUT2D eigenvalue weighted by molar-refractivity contribution is 6.07. The zero-order valence-electron chi connectivity index (χ0n) is 20.3. The maximum Gasteiger partial charge on any atom is 0.410 e. The molecule has 2 heterocycles. The van der Waals surface area contributed by atoms with E-state index in [9.17, 15) is 14.4 Å². The summed E-state index contributed by atoms with van der Waals surface area (Å²) in [6.07, 6.45) is -0.432. The standard InChI is InChI=1S/C26H27N3O6/c1-26(2,3)35-25(32)28-14-16-10-9-13-18(19(16)15-28)21-20(23(30)33-4)22(24(31)34-5)29(27-21)17-11-7-6-8-12-17/h6-13H,14-15H2,1-5H3. The van der Waals surface area contributed by atoms with Gasteiger partial charge in [-0.05, 0) is 44.0 Å². The van der Waals surface area contributed by atoms with Crippen LogP contribution in [0.4, 0.5) is 4.79 Å². The van der Waals surface area contributed by atoms with Gasteiger partial charge in [-0.2, -0.15) is 5.10 Å². The Bertz CT molecular complexity index is 1290. The Morgan fingerprint density at radius 3 is 2.20 bits per heavy atom. The van der Waals surface area contributed by atoms with Gasteiger partial charge in [-0.25, -0.2) is 19.1 Å². The topological polar surface area (TPSA) is 100.0 Å². The van der Waals surface area contributed by atoms with Crippen LogP contribution in [0, 0.1) is 0 Å². The average Bonchev–Trinajstić information content (AvgIpc) is 3.45. The van der Waals surface area contributed by atoms with E-state index in [4.69, 9.17) is 14.2 Å². The van der Waals surface area contributed by atoms with Crippen LogP contribution in [0.5, 0.6) is 0 Å². The van der Waals surface area contributed by atoms with Gasteiger partial charge in [0.1, 0.15) is 16.9 Å². The van der Waals surface area contributed by atoms with Crippen LogP contribution >= 0.6 is 0 Å². The number of para-hydroxylation sites is 1. The number of nitrogens with zero attached hydrogens (tertiary/aromatic N) is 3. The molecule has 0 aliphatic carbocycles. The fraction of sp³-hybridized carbons (Fsp3) is 0.308. The third-order valence-corrected chi connectivity index (χ3v) is 5.54. The molecule has 35 heavy (non-hydrogen) atoms. The highest BCUT2D eigenvalue weighted by atomic mass is 16.6. The molecule has 0 atom stereocenters. The summed E-state index contributed by atoms with van der Waals surface area (Å²) in [6.45, 7) is 6.06. The van der Waals surface area contributed by atoms with Gasteiger partial charge in [0.25, 0.3) is 0 Å². The van der Waals surface area contributed by atoms with Crippen molar-refractivity contribution in [1.82, 2.24) is 14.7 Å². The Morgan fingerprint density at radius 1 is 0.886 bits per heavy atom. The van der Waals surface area contributed by atoms with Crippen LogP contribution in [0.3, 0.4) is 0 Å². The van der Waals surface area contributed by atoms with Crippen LogP contribution in [0.2, 0.25) is 0 Å². The molecule has 0 N–H and O–H groups in total. The first-order valence-electron chi connectivity index (χ1n) is 11.1. The van der Waals surface area contributed by atoms with E-state index in [-0.39, 0.29) is 23.5 Å². The average molecular weight is 478 g/mol. The van der Waals surface area contributed by atoms with Crippen molar-refractivity contribution in [1.29, 1.82) is 0 Å². The molecule has 9 nitrogen and oxygen atoms in total. The fourth-order valence-electron chi connectivity index (χ4n) is 4.04. The molecule has 1 amide bonds. The molecule has 2 aromatic carbocycles. The van der Waals surface area contributed by atoms with E-state index < -0.39 is 23.6 Å². The van der Waals surface area contributed by atoms with E-state index in [1.807, 2.05) is 45.0 Å². The summed E-state index contributed by atoms with van der Waals surface area (Å²) in [7, 11) is 2.48. The fourth-order valence-corrected chi connectivity index (χ4v) is 4.04. The molecule has 1 aliphatic heterocycles. The summed E-state index contributed by atoms with van der Waals surface area (Å²) >= 11 is 0. The number of hydrogen-bond acceptors (Lipinski definition) is 7. The number of aromatic nitrogens is 2. The van der Waals surface area contributed by atoms with E-state index in [0.29, 0.717) is 17.8 Å². The Labute approximate surface area is 203 Å². The minimum Gasteiger partial charge on any atom is -0.465 e. The maximum atomic E-state index is 13.0. The molecular formula is C26H27N3O6. The number of benzene rings is 2. The molecule has 9 heteroatoms. The number of methoxy groups -OCH3 is 2. The second-order valence-corrected chi connectivity index (χ2v) is 9.08. The van der Waals surface area contributed by atoms with E-state index in [0.717, 1.165) is 11.1 Å². The molecule has 1 aliphatic rings. The number of carbonyl (C=O) groups excluding carboxylic acids is 3. The summed E-state index contributed by atoms with van der Waals surface area (Å²) < 4.78 is 16.9. The lowest BCUT2D eigenvalue weighted by Gasteiger charge is -2.24. The molecule has 0 saturated carbocycles. The molecule has 3 aromatic rings. The molecule has 0 spiro atoms. The normalized spacial score (nSPS) is 12.8. The first kappa shape index (κ1) is 24.0. The number of rotatable bonds is 4. The molecular weight excluding hydrogens is 450 g/mol. The van der Waals surface area contributed by atoms with Crippen molar-refractivity contribution in [2.24, 2.45) is 0 Å². The predicted molar refractivity (Wildman–Crippen MR) is 127 cm³/mol. The van der Waals surface area contributed by atoms with Crippen LogP contribution in [0.25, 0.3) is 16.9 Å². The minimum atomic E-state index is -0.726. The molecule has 0 saturated heterocycles. The van der Waals surface area contributed by atoms with Gasteiger partial charge in [-0.3, -0.25) is 4.90 Å². The number of hydrogen-bond donors (Lipinski definition) is 0. The van der Waals surface area contributed by atoms with Crippen molar-refractivity contribution in [2.45, 2.75) is 39.5 Å². The lowest BCUT2D eigenvalue weighted by Crippen LogP contribution is -2.33. The summed E-state index contributed by atoms with van der Waals surface area (Å²) in [5, 5.41) is 4.68. The number of fused-ring (bicyclic) bond motifs is 1. The second-order valence-electron chi connectivity index (χ2n) is 9.08. The van der Waals surface area contributed by atoms with E-state index in [2.05, 4.69) is 5.10 Å². The summed E-state index contributed by atoms with van der Waals surface area (Å²) in [4.78, 5) is 40.1. The van der Waals surface area contributed by atoms with E-state index >= 15 is 0 Å². The van der Waals surface area contributed by atoms with Gasteiger partial charge in [-0.1, -0.05) is 36.4 Å². The minimum absolute atomic E-state index is 0.00711. The van der Waals surface area contributed by atoms with Crippen LogP contribution in [-0.4, -0.2) is 52.5 Å². The van der Waals surface area contributed by atoms with Gasteiger partial charge < -0.3 is 14.2 Å². The van der Waals surface area contributed by atoms with Crippen molar-refractivity contribution in [3.8, 4) is 16.9 Å². The Hall–Kier alpha value is -4.14. The SMILES string of the molecule is COC(=O)c1c(-c2cccc3c2CN(C(=O)OC(C)(C)C)C3)nn(-c2ccccc2)c1C(=O)OC. The van der Waals surface area contributed by atoms with Gasteiger partial charge >= 0.3 is 18.0 Å². The van der Waals surface area contributed by atoms with Gasteiger partial charge in [0.2, 0.25) is 0 Å². The van der Waals surface area contributed by atoms with Gasteiger partial charge in [-0.15, -0.1) is 0 Å². The molecule has 1 aromatic heterocycles. The molecule has 0 fully saturated rings. The monoisotopic (exact) mass is 477 g/mol. The third-order valence-electron chi connectivity index (χ3n) is 5.54. The molecule has 0 unspecified atom stereocenters. The summed E-state index contributed by atoms with van der Waals surface area (Å²) in [6, 6.07) is 14.5. The summed E-state index contributed by atoms with van der Waals surface area (Å²) in [5.41, 5.74) is 2.50. The molecule has 0 bridgehead atoms. The van der Waals surface area contributed by atoms with Crippen LogP contribution in [0.15, 0.2) is 48.5 Å². The smallest absolute Gasteiger partial charge is 0.410 e. The quantitative estimate of drug-likeness (QED) is 0.406. The van der Waals surface area contributed by atoms with Crippen molar-refractivity contribution in [2.75, 3.05) is 14.2 Å². The highest BCUT2D eigenvalue weighted by Gasteiger charge is 2.35. The number of amides is 1. The first-order chi connectivity index (χ1) is 16.6. The number of esters is 2. The Balaban J connectivity index is 1.88. The first-order valence-corrected chi connectivity index (χ1v) is 11.1. The Kier molecular flexibility index (Phi) is 6.34. The van der Waals surface area contributed by atoms with Crippen LogP contribution in [0.1, 0.15) is 52.7 Å². The molecule has 0 radical (unpaired) electrons. The van der Waals surface area contributed by atoms with Crippen LogP contribution < -0.4 is 0 Å². The van der Waals surface area contributed by atoms with Crippen molar-refractivity contribution in [3.63, 3.8) is 0 Å². The third kappa shape index (κ3) is 4.62.